The lowest BCUT2D eigenvalue weighted by atomic mass is 10.2. The predicted octanol–water partition coefficient (Wildman–Crippen LogP) is 0.823. The zero-order valence-corrected chi connectivity index (χ0v) is 8.08. The molecule has 14 heavy (non-hydrogen) atoms. The second-order valence-electron chi connectivity index (χ2n) is 3.43. The van der Waals surface area contributed by atoms with Crippen molar-refractivity contribution in [2.75, 3.05) is 7.05 Å². The molecule has 0 aromatic carbocycles. The highest BCUT2D eigenvalue weighted by Gasteiger charge is 2.25. The van der Waals surface area contributed by atoms with Crippen LogP contribution in [0.25, 0.3) is 0 Å². The molecule has 0 atom stereocenters. The summed E-state index contributed by atoms with van der Waals surface area (Å²) < 4.78 is 0. The number of hydrogen-bond donors (Lipinski definition) is 2. The number of pyridine rings is 1. The van der Waals surface area contributed by atoms with Crippen molar-refractivity contribution >= 4 is 5.91 Å². The van der Waals surface area contributed by atoms with Crippen LogP contribution >= 0.6 is 0 Å². The Kier molecular flexibility index (Phi) is 2.45. The predicted molar refractivity (Wildman–Crippen MR) is 52.7 cm³/mol. The first kappa shape index (κ1) is 9.15. The molecule has 2 rings (SSSR count). The van der Waals surface area contributed by atoms with Crippen LogP contribution in [0.3, 0.4) is 0 Å². The molecule has 1 heterocycles. The molecule has 0 bridgehead atoms. The molecule has 0 saturated heterocycles. The largest absolute Gasteiger partial charge is 0.286 e. The first-order valence-corrected chi connectivity index (χ1v) is 4.75. The average Bonchev–Trinajstić information content (AvgIpc) is 3.02. The van der Waals surface area contributed by atoms with E-state index in [1.165, 1.54) is 12.8 Å². The van der Waals surface area contributed by atoms with Crippen molar-refractivity contribution in [1.82, 2.24) is 15.8 Å². The van der Waals surface area contributed by atoms with Crippen molar-refractivity contribution in [2.45, 2.75) is 18.8 Å². The highest BCUT2D eigenvalue weighted by atomic mass is 16.2. The average molecular weight is 191 g/mol. The number of amides is 1. The topological polar surface area (TPSA) is 54.0 Å². The van der Waals surface area contributed by atoms with Gasteiger partial charge in [-0.05, 0) is 25.0 Å². The lowest BCUT2D eigenvalue weighted by Crippen LogP contribution is -2.34. The van der Waals surface area contributed by atoms with Gasteiger partial charge in [0.1, 0.15) is 5.69 Å². The Hall–Kier alpha value is -1.42. The van der Waals surface area contributed by atoms with Crippen LogP contribution < -0.4 is 10.9 Å². The number of hydrogen-bond acceptors (Lipinski definition) is 3. The minimum absolute atomic E-state index is 0.185. The van der Waals surface area contributed by atoms with Crippen LogP contribution in [0.5, 0.6) is 0 Å². The molecule has 0 spiro atoms. The lowest BCUT2D eigenvalue weighted by molar-refractivity contribution is 0.0932. The van der Waals surface area contributed by atoms with Gasteiger partial charge in [-0.1, -0.05) is 6.07 Å². The van der Waals surface area contributed by atoms with E-state index < -0.39 is 0 Å². The van der Waals surface area contributed by atoms with Crippen molar-refractivity contribution < 1.29 is 4.79 Å². The Morgan fingerprint density at radius 3 is 2.93 bits per heavy atom. The molecular weight excluding hydrogens is 178 g/mol. The highest BCUT2D eigenvalue weighted by molar-refractivity contribution is 5.91. The summed E-state index contributed by atoms with van der Waals surface area (Å²) in [6.45, 7) is 0. The Morgan fingerprint density at radius 1 is 1.50 bits per heavy atom. The van der Waals surface area contributed by atoms with E-state index in [1.807, 2.05) is 12.1 Å². The number of aromatic nitrogens is 1. The van der Waals surface area contributed by atoms with Crippen molar-refractivity contribution in [3.63, 3.8) is 0 Å². The first-order valence-electron chi connectivity index (χ1n) is 4.75. The maximum Gasteiger partial charge on any atom is 0.283 e. The molecule has 0 unspecified atom stereocenters. The molecule has 1 amide bonds. The molecule has 0 radical (unpaired) electrons. The highest BCUT2D eigenvalue weighted by Crippen LogP contribution is 2.38. The molecule has 1 aliphatic carbocycles. The summed E-state index contributed by atoms with van der Waals surface area (Å²) in [4.78, 5) is 15.7. The fraction of sp³-hybridized carbons (Fsp3) is 0.400. The molecule has 1 fully saturated rings. The summed E-state index contributed by atoms with van der Waals surface area (Å²) in [5.74, 6) is 0.396. The van der Waals surface area contributed by atoms with Crippen molar-refractivity contribution in [1.29, 1.82) is 0 Å². The quantitative estimate of drug-likeness (QED) is 0.695. The molecule has 4 nitrogen and oxygen atoms in total. The zero-order chi connectivity index (χ0) is 9.97. The molecule has 1 aliphatic rings. The Labute approximate surface area is 82.7 Å². The van der Waals surface area contributed by atoms with Gasteiger partial charge in [0.25, 0.3) is 5.91 Å². The van der Waals surface area contributed by atoms with E-state index >= 15 is 0 Å². The van der Waals surface area contributed by atoms with Gasteiger partial charge in [0, 0.05) is 18.7 Å². The van der Waals surface area contributed by atoms with Gasteiger partial charge < -0.3 is 0 Å². The van der Waals surface area contributed by atoms with E-state index in [2.05, 4.69) is 15.8 Å². The van der Waals surface area contributed by atoms with Crippen LogP contribution in [0.1, 0.15) is 34.9 Å². The first-order chi connectivity index (χ1) is 6.81. The third-order valence-corrected chi connectivity index (χ3v) is 2.24. The second kappa shape index (κ2) is 3.75. The number of nitrogens with zero attached hydrogens (tertiary/aromatic N) is 1. The van der Waals surface area contributed by atoms with Crippen LogP contribution in [0.4, 0.5) is 0 Å². The molecule has 1 aromatic rings. The molecule has 74 valence electrons. The van der Waals surface area contributed by atoms with Gasteiger partial charge >= 0.3 is 0 Å². The molecule has 4 heteroatoms. The fourth-order valence-corrected chi connectivity index (χ4v) is 1.36. The van der Waals surface area contributed by atoms with E-state index in [4.69, 9.17) is 0 Å². The molecule has 1 aromatic heterocycles. The summed E-state index contributed by atoms with van der Waals surface area (Å²) in [5.41, 5.74) is 6.60. The minimum atomic E-state index is -0.185. The zero-order valence-electron chi connectivity index (χ0n) is 8.08. The van der Waals surface area contributed by atoms with E-state index in [1.54, 1.807) is 13.1 Å². The fourth-order valence-electron chi connectivity index (χ4n) is 1.36. The van der Waals surface area contributed by atoms with Gasteiger partial charge in [-0.15, -0.1) is 0 Å². The third-order valence-electron chi connectivity index (χ3n) is 2.24. The Balaban J connectivity index is 2.16. The van der Waals surface area contributed by atoms with Gasteiger partial charge in [0.05, 0.1) is 0 Å². The van der Waals surface area contributed by atoms with Crippen LogP contribution in [-0.4, -0.2) is 17.9 Å². The van der Waals surface area contributed by atoms with Gasteiger partial charge in [-0.2, -0.15) is 0 Å². The van der Waals surface area contributed by atoms with E-state index in [0.717, 1.165) is 5.69 Å². The molecule has 0 aliphatic heterocycles. The lowest BCUT2D eigenvalue weighted by Gasteiger charge is -2.03. The van der Waals surface area contributed by atoms with Gasteiger partial charge in [0.15, 0.2) is 0 Å². The monoisotopic (exact) mass is 191 g/mol. The van der Waals surface area contributed by atoms with Crippen LogP contribution in [-0.2, 0) is 0 Å². The Morgan fingerprint density at radius 2 is 2.29 bits per heavy atom. The smallest absolute Gasteiger partial charge is 0.283 e. The van der Waals surface area contributed by atoms with Crippen LogP contribution in [0.15, 0.2) is 18.2 Å². The summed E-state index contributed by atoms with van der Waals surface area (Å²) in [6, 6.07) is 5.58. The van der Waals surface area contributed by atoms with Gasteiger partial charge in [-0.25, -0.2) is 10.4 Å². The van der Waals surface area contributed by atoms with Crippen LogP contribution in [0.2, 0.25) is 0 Å². The van der Waals surface area contributed by atoms with E-state index in [-0.39, 0.29) is 5.91 Å². The summed E-state index contributed by atoms with van der Waals surface area (Å²) >= 11 is 0. The van der Waals surface area contributed by atoms with E-state index in [0.29, 0.717) is 11.6 Å². The number of rotatable bonds is 3. The van der Waals surface area contributed by atoms with E-state index in [9.17, 15) is 4.79 Å². The minimum Gasteiger partial charge on any atom is -0.286 e. The van der Waals surface area contributed by atoms with Crippen molar-refractivity contribution in [2.24, 2.45) is 0 Å². The van der Waals surface area contributed by atoms with Gasteiger partial charge in [0.2, 0.25) is 0 Å². The van der Waals surface area contributed by atoms with Crippen molar-refractivity contribution in [3.05, 3.63) is 29.6 Å². The third kappa shape index (κ3) is 1.90. The number of carbonyl (C=O) groups excluding carboxylic acids is 1. The number of nitrogens with one attached hydrogen (secondary N) is 2. The van der Waals surface area contributed by atoms with Crippen molar-refractivity contribution in [3.8, 4) is 0 Å². The summed E-state index contributed by atoms with van der Waals surface area (Å²) in [7, 11) is 1.66. The molecular formula is C10H13N3O. The van der Waals surface area contributed by atoms with Gasteiger partial charge in [-0.3, -0.25) is 10.2 Å². The molecule has 1 saturated carbocycles. The summed E-state index contributed by atoms with van der Waals surface area (Å²) in [5, 5.41) is 0. The maximum absolute atomic E-state index is 11.4. The van der Waals surface area contributed by atoms with Crippen LogP contribution in [0, 0.1) is 0 Å². The maximum atomic E-state index is 11.4. The Bertz CT molecular complexity index is 347. The number of hydrazine groups is 1. The number of carbonyl (C=O) groups is 1. The normalized spacial score (nSPS) is 15.2. The standard InChI is InChI=1S/C10H13N3O/c1-11-13-10(14)9-4-2-3-8(12-9)7-5-6-7/h2-4,7,11H,5-6H2,1H3,(H,13,14). The molecule has 2 N–H and O–H groups in total. The summed E-state index contributed by atoms with van der Waals surface area (Å²) in [6.07, 6.45) is 2.40. The second-order valence-corrected chi connectivity index (χ2v) is 3.43. The SMILES string of the molecule is CNNC(=O)c1cccc(C2CC2)n1.